The monoisotopic (exact) mass is 228 g/mol. The molecule has 2 atom stereocenters. The van der Waals surface area contributed by atoms with Gasteiger partial charge in [-0.1, -0.05) is 6.08 Å². The Morgan fingerprint density at radius 2 is 2.25 bits per heavy atom. The van der Waals surface area contributed by atoms with Crippen LogP contribution in [0.5, 0.6) is 0 Å². The molecule has 0 spiro atoms. The molecule has 4 nitrogen and oxygen atoms in total. The standard InChI is InChI=1S/C12H24N2O2/c1-11(14-3)10-12(2,16-9-8-15)6-4-5-7-13/h4-5,7,11,13-15H,6,8-10H2,1-3H3. The highest BCUT2D eigenvalue weighted by molar-refractivity contribution is 5.67. The van der Waals surface area contributed by atoms with Crippen LogP contribution >= 0.6 is 0 Å². The molecule has 0 bridgehead atoms. The van der Waals surface area contributed by atoms with Gasteiger partial charge in [0, 0.05) is 12.3 Å². The van der Waals surface area contributed by atoms with E-state index in [1.165, 1.54) is 6.21 Å². The van der Waals surface area contributed by atoms with Gasteiger partial charge in [-0.05, 0) is 39.8 Å². The van der Waals surface area contributed by atoms with E-state index >= 15 is 0 Å². The van der Waals surface area contributed by atoms with Gasteiger partial charge in [-0.2, -0.15) is 0 Å². The van der Waals surface area contributed by atoms with Crippen LogP contribution in [0.4, 0.5) is 0 Å². The Balaban J connectivity index is 4.33. The molecule has 0 aromatic carbocycles. The van der Waals surface area contributed by atoms with Gasteiger partial charge in [0.05, 0.1) is 18.8 Å². The number of aliphatic hydroxyl groups is 1. The van der Waals surface area contributed by atoms with E-state index in [2.05, 4.69) is 12.2 Å². The lowest BCUT2D eigenvalue weighted by molar-refractivity contribution is -0.0531. The molecule has 2 unspecified atom stereocenters. The van der Waals surface area contributed by atoms with Crippen molar-refractivity contribution in [3.63, 3.8) is 0 Å². The Labute approximate surface area is 98.2 Å². The normalized spacial score (nSPS) is 17.2. The van der Waals surface area contributed by atoms with E-state index < -0.39 is 0 Å². The zero-order valence-corrected chi connectivity index (χ0v) is 10.5. The van der Waals surface area contributed by atoms with Crippen molar-refractivity contribution in [2.24, 2.45) is 0 Å². The van der Waals surface area contributed by atoms with E-state index in [0.717, 1.165) is 12.8 Å². The number of aliphatic hydroxyl groups excluding tert-OH is 1. The summed E-state index contributed by atoms with van der Waals surface area (Å²) in [5, 5.41) is 18.9. The molecule has 16 heavy (non-hydrogen) atoms. The van der Waals surface area contributed by atoms with Crippen LogP contribution in [0.2, 0.25) is 0 Å². The van der Waals surface area contributed by atoms with Crippen molar-refractivity contribution in [3.8, 4) is 0 Å². The van der Waals surface area contributed by atoms with Gasteiger partial charge in [-0.15, -0.1) is 0 Å². The first kappa shape index (κ1) is 15.3. The summed E-state index contributed by atoms with van der Waals surface area (Å²) >= 11 is 0. The molecule has 0 heterocycles. The third-order valence-corrected chi connectivity index (χ3v) is 2.55. The summed E-state index contributed by atoms with van der Waals surface area (Å²) in [6.07, 6.45) is 6.49. The molecule has 0 aromatic heterocycles. The van der Waals surface area contributed by atoms with Crippen LogP contribution in [-0.4, -0.2) is 43.2 Å². The number of ether oxygens (including phenoxy) is 1. The van der Waals surface area contributed by atoms with Crippen LogP contribution in [0.3, 0.4) is 0 Å². The van der Waals surface area contributed by atoms with Crippen molar-refractivity contribution in [2.45, 2.75) is 38.3 Å². The third-order valence-electron chi connectivity index (χ3n) is 2.55. The molecule has 0 rings (SSSR count). The second-order valence-electron chi connectivity index (χ2n) is 4.21. The second kappa shape index (κ2) is 8.44. The maximum absolute atomic E-state index is 8.80. The molecule has 0 aliphatic rings. The van der Waals surface area contributed by atoms with Crippen molar-refractivity contribution in [3.05, 3.63) is 12.2 Å². The summed E-state index contributed by atoms with van der Waals surface area (Å²) in [7, 11) is 1.92. The van der Waals surface area contributed by atoms with Crippen LogP contribution in [0.1, 0.15) is 26.7 Å². The second-order valence-corrected chi connectivity index (χ2v) is 4.21. The smallest absolute Gasteiger partial charge is 0.0705 e. The zero-order chi connectivity index (χ0) is 12.4. The number of nitrogens with one attached hydrogen (secondary N) is 2. The van der Waals surface area contributed by atoms with Gasteiger partial charge in [0.25, 0.3) is 0 Å². The quantitative estimate of drug-likeness (QED) is 0.522. The molecule has 0 saturated heterocycles. The van der Waals surface area contributed by atoms with Gasteiger partial charge < -0.3 is 20.6 Å². The summed E-state index contributed by atoms with van der Waals surface area (Å²) < 4.78 is 5.68. The fourth-order valence-electron chi connectivity index (χ4n) is 1.63. The number of allylic oxidation sites excluding steroid dienone is 1. The van der Waals surface area contributed by atoms with Gasteiger partial charge in [-0.3, -0.25) is 0 Å². The summed E-state index contributed by atoms with van der Waals surface area (Å²) in [5.74, 6) is 0. The van der Waals surface area contributed by atoms with E-state index in [4.69, 9.17) is 15.3 Å². The van der Waals surface area contributed by atoms with Gasteiger partial charge in [-0.25, -0.2) is 0 Å². The average molecular weight is 228 g/mol. The lowest BCUT2D eigenvalue weighted by Crippen LogP contribution is -2.37. The van der Waals surface area contributed by atoms with Crippen molar-refractivity contribution in [1.82, 2.24) is 5.32 Å². The Morgan fingerprint density at radius 1 is 1.56 bits per heavy atom. The molecule has 0 fully saturated rings. The highest BCUT2D eigenvalue weighted by Crippen LogP contribution is 2.22. The minimum atomic E-state index is -0.287. The summed E-state index contributed by atoms with van der Waals surface area (Å²) in [6.45, 7) is 4.52. The maximum atomic E-state index is 8.80. The molecule has 0 amide bonds. The first-order chi connectivity index (χ1) is 7.58. The molecular weight excluding hydrogens is 204 g/mol. The van der Waals surface area contributed by atoms with E-state index in [1.807, 2.05) is 20.0 Å². The predicted molar refractivity (Wildman–Crippen MR) is 67.1 cm³/mol. The average Bonchev–Trinajstić information content (AvgIpc) is 2.27. The lowest BCUT2D eigenvalue weighted by Gasteiger charge is -2.31. The van der Waals surface area contributed by atoms with Crippen molar-refractivity contribution >= 4 is 6.21 Å². The Morgan fingerprint density at radius 3 is 2.75 bits per heavy atom. The Kier molecular flexibility index (Phi) is 8.07. The zero-order valence-electron chi connectivity index (χ0n) is 10.5. The highest BCUT2D eigenvalue weighted by atomic mass is 16.5. The van der Waals surface area contributed by atoms with Crippen LogP contribution in [-0.2, 0) is 4.74 Å². The van der Waals surface area contributed by atoms with E-state index in [1.54, 1.807) is 6.08 Å². The minimum Gasteiger partial charge on any atom is -0.394 e. The van der Waals surface area contributed by atoms with Crippen LogP contribution in [0, 0.1) is 5.41 Å². The van der Waals surface area contributed by atoms with Crippen molar-refractivity contribution in [1.29, 1.82) is 5.41 Å². The fourth-order valence-corrected chi connectivity index (χ4v) is 1.63. The minimum absolute atomic E-state index is 0.0395. The molecule has 0 saturated carbocycles. The van der Waals surface area contributed by atoms with Crippen LogP contribution in [0.15, 0.2) is 12.2 Å². The fraction of sp³-hybridized carbons (Fsp3) is 0.750. The topological polar surface area (TPSA) is 65.3 Å². The number of rotatable bonds is 9. The third kappa shape index (κ3) is 6.71. The molecule has 0 aromatic rings. The highest BCUT2D eigenvalue weighted by Gasteiger charge is 2.25. The number of hydrogen-bond donors (Lipinski definition) is 3. The Hall–Kier alpha value is -0.710. The molecule has 4 heteroatoms. The number of hydrogen-bond acceptors (Lipinski definition) is 4. The van der Waals surface area contributed by atoms with Crippen LogP contribution < -0.4 is 5.32 Å². The van der Waals surface area contributed by atoms with Gasteiger partial charge in [0.2, 0.25) is 0 Å². The van der Waals surface area contributed by atoms with E-state index in [9.17, 15) is 0 Å². The summed E-state index contributed by atoms with van der Waals surface area (Å²) in [4.78, 5) is 0. The predicted octanol–water partition coefficient (Wildman–Crippen LogP) is 1.35. The molecule has 0 aliphatic heterocycles. The van der Waals surface area contributed by atoms with Crippen LogP contribution in [0.25, 0.3) is 0 Å². The van der Waals surface area contributed by atoms with Gasteiger partial charge >= 0.3 is 0 Å². The van der Waals surface area contributed by atoms with E-state index in [-0.39, 0.29) is 12.2 Å². The SMILES string of the molecule is CNC(C)CC(C)(CC=CC=N)OCCO. The molecule has 0 aliphatic carbocycles. The largest absolute Gasteiger partial charge is 0.394 e. The summed E-state index contributed by atoms with van der Waals surface area (Å²) in [5.41, 5.74) is -0.287. The first-order valence-electron chi connectivity index (χ1n) is 5.65. The van der Waals surface area contributed by atoms with E-state index in [0.29, 0.717) is 12.6 Å². The molecule has 0 radical (unpaired) electrons. The first-order valence-corrected chi connectivity index (χ1v) is 5.65. The molecular formula is C12H24N2O2. The Bertz CT molecular complexity index is 219. The molecule has 3 N–H and O–H groups in total. The lowest BCUT2D eigenvalue weighted by atomic mass is 9.93. The van der Waals surface area contributed by atoms with Crippen molar-refractivity contribution in [2.75, 3.05) is 20.3 Å². The van der Waals surface area contributed by atoms with Crippen molar-refractivity contribution < 1.29 is 9.84 Å². The summed E-state index contributed by atoms with van der Waals surface area (Å²) in [6, 6.07) is 0.358. The molecule has 94 valence electrons. The van der Waals surface area contributed by atoms with Gasteiger partial charge in [0.15, 0.2) is 0 Å². The van der Waals surface area contributed by atoms with Gasteiger partial charge in [0.1, 0.15) is 0 Å². The maximum Gasteiger partial charge on any atom is 0.0705 e.